The van der Waals surface area contributed by atoms with E-state index in [1.807, 2.05) is 78.9 Å². The molecule has 0 spiro atoms. The molecule has 0 amide bonds. The molecule has 12 heteroatoms. The van der Waals surface area contributed by atoms with Crippen LogP contribution < -0.4 is 0 Å². The lowest BCUT2D eigenvalue weighted by Crippen LogP contribution is -2.41. The molecule has 4 rings (SSSR count). The SMILES string of the molecule is C=Cc1cccc(Br)c1.CC(C)(C)[Si](C)(C)OC[C@H](O)c1cccc(Br)c1.CO[C@@H](CO[Si](C)(C)C(C)(C)C)c1cccc(Br)c1.OC[C@H](O)c1cccc(Br)c1. The van der Waals surface area contributed by atoms with E-state index < -0.39 is 28.8 Å². The van der Waals surface area contributed by atoms with Crippen molar-refractivity contribution in [3.63, 3.8) is 0 Å². The van der Waals surface area contributed by atoms with Gasteiger partial charge in [-0.2, -0.15) is 0 Å². The van der Waals surface area contributed by atoms with Gasteiger partial charge in [0.15, 0.2) is 16.6 Å². The minimum atomic E-state index is -1.79. The summed E-state index contributed by atoms with van der Waals surface area (Å²) in [7, 11) is -1.77. The first-order valence-electron chi connectivity index (χ1n) is 18.8. The zero-order chi connectivity index (χ0) is 43.6. The standard InChI is InChI=1S/C15H25BrO2Si.C14H23BrO2Si.C8H9BrO2.C8H7Br/c1-15(2,3)19(5,6)18-11-14(17-4)12-8-7-9-13(16)10-12;1-14(2,3)18(4,5)17-10-13(16)11-7-6-8-12(15)9-11;9-7-3-1-2-6(4-7)8(11)5-10;1-2-7-4-3-5-8(9)6-7/h7-10,14H,11H2,1-6H3;6-9,13,16H,10H2,1-5H3;1-4,8,10-11H,5H2;2-6H,1H2/t14-;13-;8-;/m000./s1. The van der Waals surface area contributed by atoms with Gasteiger partial charge in [0.25, 0.3) is 0 Å². The molecule has 316 valence electrons. The van der Waals surface area contributed by atoms with Crippen LogP contribution in [0.15, 0.2) is 122 Å². The molecular formula is C45H64Br4O6Si2. The van der Waals surface area contributed by atoms with E-state index in [4.69, 9.17) is 18.7 Å². The van der Waals surface area contributed by atoms with E-state index >= 15 is 0 Å². The summed E-state index contributed by atoms with van der Waals surface area (Å²) >= 11 is 13.5. The van der Waals surface area contributed by atoms with Crippen LogP contribution in [-0.2, 0) is 13.6 Å². The fraction of sp³-hybridized carbons (Fsp3) is 0.422. The van der Waals surface area contributed by atoms with Crippen LogP contribution >= 0.6 is 63.7 Å². The number of ether oxygens (including phenoxy) is 1. The predicted molar refractivity (Wildman–Crippen MR) is 260 cm³/mol. The molecule has 0 aromatic heterocycles. The second-order valence-corrected chi connectivity index (χ2v) is 29.8. The molecule has 0 aliphatic rings. The smallest absolute Gasteiger partial charge is 0.192 e. The fourth-order valence-corrected chi connectivity index (χ4v) is 7.95. The Morgan fingerprint density at radius 2 is 0.965 bits per heavy atom. The summed E-state index contributed by atoms with van der Waals surface area (Å²) in [6.07, 6.45) is 0.487. The lowest BCUT2D eigenvalue weighted by Gasteiger charge is -2.37. The summed E-state index contributed by atoms with van der Waals surface area (Å²) in [4.78, 5) is 0. The van der Waals surface area contributed by atoms with Crippen LogP contribution in [-0.4, -0.2) is 58.9 Å². The van der Waals surface area contributed by atoms with E-state index in [-0.39, 0.29) is 22.8 Å². The summed E-state index contributed by atoms with van der Waals surface area (Å²) in [5.41, 5.74) is 3.91. The molecule has 0 saturated carbocycles. The maximum absolute atomic E-state index is 10.2. The van der Waals surface area contributed by atoms with Gasteiger partial charge >= 0.3 is 0 Å². The average molecular weight is 1080 g/mol. The Bertz CT molecular complexity index is 1780. The van der Waals surface area contributed by atoms with Crippen LogP contribution in [0.4, 0.5) is 0 Å². The first kappa shape index (κ1) is 53.8. The molecule has 0 aliphatic heterocycles. The van der Waals surface area contributed by atoms with Gasteiger partial charge < -0.3 is 28.9 Å². The Morgan fingerprint density at radius 3 is 1.32 bits per heavy atom. The van der Waals surface area contributed by atoms with Gasteiger partial charge in [0.05, 0.1) is 19.8 Å². The zero-order valence-corrected chi connectivity index (χ0v) is 43.8. The van der Waals surface area contributed by atoms with Crippen molar-refractivity contribution in [2.75, 3.05) is 26.9 Å². The van der Waals surface area contributed by atoms with E-state index in [9.17, 15) is 10.2 Å². The largest absolute Gasteiger partial charge is 0.414 e. The van der Waals surface area contributed by atoms with Crippen molar-refractivity contribution in [2.45, 2.75) is 96.1 Å². The van der Waals surface area contributed by atoms with Gasteiger partial charge in [0.2, 0.25) is 0 Å². The van der Waals surface area contributed by atoms with Gasteiger partial charge in [0.1, 0.15) is 18.3 Å². The molecule has 4 aromatic carbocycles. The monoisotopic (exact) mass is 1070 g/mol. The van der Waals surface area contributed by atoms with E-state index in [1.54, 1.807) is 19.2 Å². The number of rotatable bonds is 12. The molecule has 0 bridgehead atoms. The molecule has 0 unspecified atom stereocenters. The normalized spacial score (nSPS) is 13.4. The molecule has 0 saturated heterocycles. The second-order valence-electron chi connectivity index (χ2n) is 16.5. The summed E-state index contributed by atoms with van der Waals surface area (Å²) < 4.78 is 21.9. The van der Waals surface area contributed by atoms with Crippen LogP contribution in [0, 0.1) is 0 Å². The molecule has 0 heterocycles. The van der Waals surface area contributed by atoms with Crippen LogP contribution in [0.5, 0.6) is 0 Å². The Morgan fingerprint density at radius 1 is 0.596 bits per heavy atom. The molecule has 4 aromatic rings. The van der Waals surface area contributed by atoms with Crippen LogP contribution in [0.1, 0.15) is 82.1 Å². The summed E-state index contributed by atoms with van der Waals surface area (Å²) in [5.74, 6) is 0. The third kappa shape index (κ3) is 20.2. The van der Waals surface area contributed by atoms with E-state index in [1.165, 1.54) is 0 Å². The molecule has 0 fully saturated rings. The Labute approximate surface area is 379 Å². The van der Waals surface area contributed by atoms with Crippen molar-refractivity contribution in [2.24, 2.45) is 0 Å². The van der Waals surface area contributed by atoms with Crippen LogP contribution in [0.25, 0.3) is 6.08 Å². The summed E-state index contributed by atoms with van der Waals surface area (Å²) in [6, 6.07) is 31.2. The van der Waals surface area contributed by atoms with E-state index in [0.717, 1.165) is 40.1 Å². The molecule has 3 atom stereocenters. The van der Waals surface area contributed by atoms with Gasteiger partial charge in [-0.1, -0.05) is 166 Å². The predicted octanol–water partition coefficient (Wildman–Crippen LogP) is 14.2. The topological polar surface area (TPSA) is 88.4 Å². The number of aliphatic hydroxyl groups is 3. The minimum Gasteiger partial charge on any atom is -0.414 e. The maximum Gasteiger partial charge on any atom is 0.192 e. The van der Waals surface area contributed by atoms with Gasteiger partial charge in [-0.3, -0.25) is 0 Å². The highest BCUT2D eigenvalue weighted by Crippen LogP contribution is 2.38. The fourth-order valence-electron chi connectivity index (χ4n) is 4.27. The molecule has 6 nitrogen and oxygen atoms in total. The van der Waals surface area contributed by atoms with Crippen molar-refractivity contribution in [3.8, 4) is 0 Å². The van der Waals surface area contributed by atoms with Crippen molar-refractivity contribution in [3.05, 3.63) is 144 Å². The summed E-state index contributed by atoms with van der Waals surface area (Å²) in [6.45, 7) is 26.7. The highest BCUT2D eigenvalue weighted by atomic mass is 79.9. The van der Waals surface area contributed by atoms with Crippen LogP contribution in [0.2, 0.25) is 36.3 Å². The van der Waals surface area contributed by atoms with E-state index in [0.29, 0.717) is 13.2 Å². The number of benzene rings is 4. The van der Waals surface area contributed by atoms with Crippen molar-refractivity contribution in [1.82, 2.24) is 0 Å². The number of methoxy groups -OCH3 is 1. The number of aliphatic hydroxyl groups excluding tert-OH is 3. The van der Waals surface area contributed by atoms with E-state index in [2.05, 4.69) is 150 Å². The first-order valence-corrected chi connectivity index (χ1v) is 27.8. The van der Waals surface area contributed by atoms with Crippen molar-refractivity contribution >= 4 is 86.4 Å². The van der Waals surface area contributed by atoms with Gasteiger partial charge in [-0.25, -0.2) is 0 Å². The Balaban J connectivity index is 0.000000396. The number of halogens is 4. The Hall–Kier alpha value is -1.27. The third-order valence-corrected chi connectivity index (χ3v) is 21.0. The molecular weight excluding hydrogens is 1010 g/mol. The molecule has 0 aliphatic carbocycles. The molecule has 3 N–H and O–H groups in total. The van der Waals surface area contributed by atoms with Crippen molar-refractivity contribution < 1.29 is 28.9 Å². The third-order valence-electron chi connectivity index (χ3n) is 10.0. The average Bonchev–Trinajstić information content (AvgIpc) is 3.13. The number of hydrogen-bond acceptors (Lipinski definition) is 6. The highest BCUT2D eigenvalue weighted by Gasteiger charge is 2.38. The van der Waals surface area contributed by atoms with Crippen LogP contribution in [0.3, 0.4) is 0 Å². The van der Waals surface area contributed by atoms with Crippen molar-refractivity contribution in [1.29, 1.82) is 0 Å². The van der Waals surface area contributed by atoms with Gasteiger partial charge in [-0.15, -0.1) is 0 Å². The lowest BCUT2D eigenvalue weighted by atomic mass is 10.1. The lowest BCUT2D eigenvalue weighted by molar-refractivity contribution is 0.0525. The summed E-state index contributed by atoms with van der Waals surface area (Å²) in [5, 5.41) is 28.3. The second kappa shape index (κ2) is 25.5. The quantitative estimate of drug-likeness (QED) is 0.123. The number of hydrogen-bond donors (Lipinski definition) is 3. The highest BCUT2D eigenvalue weighted by molar-refractivity contribution is 9.11. The first-order chi connectivity index (χ1) is 26.4. The zero-order valence-electron chi connectivity index (χ0n) is 35.5. The maximum atomic E-state index is 10.2. The van der Waals surface area contributed by atoms with Gasteiger partial charge in [-0.05, 0) is 107 Å². The Kier molecular flexibility index (Phi) is 24.0. The van der Waals surface area contributed by atoms with Gasteiger partial charge in [0, 0.05) is 25.0 Å². The minimum absolute atomic E-state index is 0.00775. The molecule has 57 heavy (non-hydrogen) atoms. The molecule has 0 radical (unpaired) electrons.